The van der Waals surface area contributed by atoms with Crippen LogP contribution in [0.1, 0.15) is 110 Å². The molecular formula is C21H42O7. The van der Waals surface area contributed by atoms with Crippen LogP contribution in [0.25, 0.3) is 0 Å². The summed E-state index contributed by atoms with van der Waals surface area (Å²) in [5.74, 6) is -7.74. The molecule has 0 spiro atoms. The van der Waals surface area contributed by atoms with Gasteiger partial charge in [0.15, 0.2) is 6.61 Å². The number of rotatable bonds is 19. The summed E-state index contributed by atoms with van der Waals surface area (Å²) < 4.78 is 4.53. The fraction of sp³-hybridized carbons (Fsp3) is 0.952. The van der Waals surface area contributed by atoms with E-state index in [-0.39, 0.29) is 6.42 Å². The average Bonchev–Trinajstić information content (AvgIpc) is 2.62. The maximum atomic E-state index is 11.5. The molecule has 5 N–H and O–H groups in total. The minimum Gasteiger partial charge on any atom is -0.460 e. The summed E-state index contributed by atoms with van der Waals surface area (Å²) in [7, 11) is 0. The first-order valence-corrected chi connectivity index (χ1v) is 11.0. The molecule has 0 aliphatic heterocycles. The summed E-state index contributed by atoms with van der Waals surface area (Å²) in [5, 5.41) is 44.3. The number of hydrogen-bond acceptors (Lipinski definition) is 7. The van der Waals surface area contributed by atoms with Gasteiger partial charge in [-0.3, -0.25) is 4.79 Å². The molecular weight excluding hydrogens is 364 g/mol. The van der Waals surface area contributed by atoms with E-state index in [0.717, 1.165) is 19.3 Å². The maximum absolute atomic E-state index is 11.5. The molecule has 0 fully saturated rings. The highest BCUT2D eigenvalue weighted by molar-refractivity contribution is 5.69. The zero-order valence-corrected chi connectivity index (χ0v) is 17.6. The van der Waals surface area contributed by atoms with Crippen molar-refractivity contribution in [2.75, 3.05) is 6.61 Å². The van der Waals surface area contributed by atoms with E-state index in [1.165, 1.54) is 70.6 Å². The highest BCUT2D eigenvalue weighted by Crippen LogP contribution is 2.16. The molecule has 0 heterocycles. The van der Waals surface area contributed by atoms with Gasteiger partial charge in [0.25, 0.3) is 5.79 Å². The van der Waals surface area contributed by atoms with Crippen molar-refractivity contribution >= 4 is 5.97 Å². The van der Waals surface area contributed by atoms with Gasteiger partial charge in [-0.25, -0.2) is 0 Å². The lowest BCUT2D eigenvalue weighted by Gasteiger charge is -2.29. The van der Waals surface area contributed by atoms with Gasteiger partial charge in [-0.1, -0.05) is 96.8 Å². The average molecular weight is 407 g/mol. The topological polar surface area (TPSA) is 127 Å². The molecule has 0 aliphatic rings. The first kappa shape index (κ1) is 27.3. The standard InChI is InChI=1S/C21H42O7/c1-2-3-4-5-6-7-8-9-10-11-12-13-14-15-16-17-19(22)28-18-20(23,24)21(25,26)27/h23-27H,2-18H2,1H3. The van der Waals surface area contributed by atoms with Crippen molar-refractivity contribution in [3.8, 4) is 0 Å². The Morgan fingerprint density at radius 2 is 1.00 bits per heavy atom. The Labute approximate surface area is 169 Å². The van der Waals surface area contributed by atoms with Crippen LogP contribution < -0.4 is 0 Å². The highest BCUT2D eigenvalue weighted by Gasteiger charge is 2.47. The lowest BCUT2D eigenvalue weighted by molar-refractivity contribution is -0.451. The normalized spacial score (nSPS) is 12.4. The third-order valence-electron chi connectivity index (χ3n) is 4.96. The van der Waals surface area contributed by atoms with Crippen LogP contribution in [0.5, 0.6) is 0 Å². The Bertz CT molecular complexity index is 377. The van der Waals surface area contributed by atoms with E-state index in [0.29, 0.717) is 6.42 Å². The Hall–Kier alpha value is -0.730. The van der Waals surface area contributed by atoms with Crippen LogP contribution in [0.4, 0.5) is 0 Å². The van der Waals surface area contributed by atoms with Gasteiger partial charge in [0, 0.05) is 6.42 Å². The summed E-state index contributed by atoms with van der Waals surface area (Å²) in [6.07, 6.45) is 18.4. The third-order valence-corrected chi connectivity index (χ3v) is 4.96. The van der Waals surface area contributed by atoms with Gasteiger partial charge in [-0.05, 0) is 6.42 Å². The maximum Gasteiger partial charge on any atom is 0.336 e. The van der Waals surface area contributed by atoms with Crippen molar-refractivity contribution in [1.82, 2.24) is 0 Å². The summed E-state index contributed by atoms with van der Waals surface area (Å²) in [6, 6.07) is 0. The van der Waals surface area contributed by atoms with Crippen LogP contribution in [0.2, 0.25) is 0 Å². The van der Waals surface area contributed by atoms with Gasteiger partial charge < -0.3 is 30.3 Å². The summed E-state index contributed by atoms with van der Waals surface area (Å²) >= 11 is 0. The van der Waals surface area contributed by atoms with E-state index in [1.807, 2.05) is 0 Å². The van der Waals surface area contributed by atoms with E-state index >= 15 is 0 Å². The quantitative estimate of drug-likeness (QED) is 0.127. The number of carbonyl (C=O) groups is 1. The number of aliphatic hydroxyl groups is 5. The van der Waals surface area contributed by atoms with Crippen molar-refractivity contribution in [2.24, 2.45) is 0 Å². The van der Waals surface area contributed by atoms with E-state index in [2.05, 4.69) is 11.7 Å². The monoisotopic (exact) mass is 406 g/mol. The van der Waals surface area contributed by atoms with Gasteiger partial charge in [0.2, 0.25) is 0 Å². The molecule has 0 rings (SSSR count). The van der Waals surface area contributed by atoms with Crippen LogP contribution in [-0.4, -0.2) is 49.9 Å². The zero-order valence-electron chi connectivity index (χ0n) is 17.6. The number of hydrogen-bond donors (Lipinski definition) is 5. The van der Waals surface area contributed by atoms with Gasteiger partial charge in [-0.2, -0.15) is 0 Å². The first-order valence-electron chi connectivity index (χ1n) is 11.0. The fourth-order valence-electron chi connectivity index (χ4n) is 2.99. The summed E-state index contributed by atoms with van der Waals surface area (Å²) in [6.45, 7) is 1.13. The summed E-state index contributed by atoms with van der Waals surface area (Å²) in [4.78, 5) is 11.5. The highest BCUT2D eigenvalue weighted by atomic mass is 16.7. The molecule has 0 radical (unpaired) electrons. The molecule has 0 saturated heterocycles. The molecule has 0 atom stereocenters. The molecule has 0 aliphatic carbocycles. The molecule has 7 heteroatoms. The van der Waals surface area contributed by atoms with Crippen LogP contribution in [-0.2, 0) is 9.53 Å². The zero-order chi connectivity index (χ0) is 21.3. The van der Waals surface area contributed by atoms with Crippen LogP contribution in [0.15, 0.2) is 0 Å². The number of esters is 1. The van der Waals surface area contributed by atoms with Crippen molar-refractivity contribution < 1.29 is 35.1 Å². The molecule has 0 saturated carbocycles. The predicted molar refractivity (Wildman–Crippen MR) is 107 cm³/mol. The predicted octanol–water partition coefficient (Wildman–Crippen LogP) is 3.10. The van der Waals surface area contributed by atoms with Crippen LogP contribution in [0, 0.1) is 0 Å². The molecule has 0 amide bonds. The van der Waals surface area contributed by atoms with Gasteiger partial charge in [-0.15, -0.1) is 0 Å². The second kappa shape index (κ2) is 16.1. The second-order valence-corrected chi connectivity index (χ2v) is 7.81. The fourth-order valence-corrected chi connectivity index (χ4v) is 2.99. The molecule has 7 nitrogen and oxygen atoms in total. The van der Waals surface area contributed by atoms with E-state index < -0.39 is 24.3 Å². The Morgan fingerprint density at radius 3 is 1.36 bits per heavy atom. The van der Waals surface area contributed by atoms with E-state index in [1.54, 1.807) is 0 Å². The van der Waals surface area contributed by atoms with Crippen molar-refractivity contribution in [2.45, 2.75) is 121 Å². The number of ether oxygens (including phenoxy) is 1. The van der Waals surface area contributed by atoms with Crippen molar-refractivity contribution in [3.63, 3.8) is 0 Å². The number of unbranched alkanes of at least 4 members (excludes halogenated alkanes) is 14. The minimum atomic E-state index is -3.75. The van der Waals surface area contributed by atoms with Crippen LogP contribution in [0.3, 0.4) is 0 Å². The Morgan fingerprint density at radius 1 is 0.643 bits per heavy atom. The molecule has 28 heavy (non-hydrogen) atoms. The Balaban J connectivity index is 3.36. The molecule has 0 aromatic heterocycles. The van der Waals surface area contributed by atoms with E-state index in [9.17, 15) is 4.79 Å². The Kier molecular flexibility index (Phi) is 15.7. The second-order valence-electron chi connectivity index (χ2n) is 7.81. The lowest BCUT2D eigenvalue weighted by atomic mass is 10.0. The third kappa shape index (κ3) is 15.2. The van der Waals surface area contributed by atoms with Gasteiger partial charge in [0.05, 0.1) is 0 Å². The largest absolute Gasteiger partial charge is 0.460 e. The number of carbonyl (C=O) groups excluding carboxylic acids is 1. The lowest BCUT2D eigenvalue weighted by Crippen LogP contribution is -2.57. The SMILES string of the molecule is CCCCCCCCCCCCCCCCCC(=O)OCC(O)(O)C(O)(O)O. The van der Waals surface area contributed by atoms with Crippen molar-refractivity contribution in [1.29, 1.82) is 0 Å². The molecule has 0 aromatic rings. The van der Waals surface area contributed by atoms with Gasteiger partial charge >= 0.3 is 11.9 Å². The van der Waals surface area contributed by atoms with Gasteiger partial charge in [0.1, 0.15) is 0 Å². The molecule has 0 aromatic carbocycles. The van der Waals surface area contributed by atoms with Crippen molar-refractivity contribution in [3.05, 3.63) is 0 Å². The summed E-state index contributed by atoms with van der Waals surface area (Å²) in [5.41, 5.74) is 0. The van der Waals surface area contributed by atoms with Crippen LogP contribution >= 0.6 is 0 Å². The molecule has 168 valence electrons. The first-order chi connectivity index (χ1) is 13.2. The minimum absolute atomic E-state index is 0.115. The molecule has 0 bridgehead atoms. The van der Waals surface area contributed by atoms with E-state index in [4.69, 9.17) is 25.5 Å². The molecule has 0 unspecified atom stereocenters. The smallest absolute Gasteiger partial charge is 0.336 e.